The lowest BCUT2D eigenvalue weighted by molar-refractivity contribution is -0.373. The predicted octanol–water partition coefficient (Wildman–Crippen LogP) is -0.596. The number of ether oxygens (including phenoxy) is 3. The van der Waals surface area contributed by atoms with Gasteiger partial charge in [0.1, 0.15) is 30.0 Å². The summed E-state index contributed by atoms with van der Waals surface area (Å²) in [4.78, 5) is 24.6. The van der Waals surface area contributed by atoms with Crippen LogP contribution in [0.3, 0.4) is 0 Å². The molecule has 1 heterocycles. The van der Waals surface area contributed by atoms with Crippen molar-refractivity contribution in [3.8, 4) is 5.75 Å². The maximum Gasteiger partial charge on any atom is 0.268 e. The first-order valence-corrected chi connectivity index (χ1v) is 11.5. The average molecular weight is 460 g/mol. The van der Waals surface area contributed by atoms with E-state index in [1.807, 2.05) is 0 Å². The molecule has 10 heteroatoms. The lowest BCUT2D eigenvalue weighted by Gasteiger charge is -2.48. The highest BCUT2D eigenvalue weighted by Gasteiger charge is 2.59. The van der Waals surface area contributed by atoms with Crippen LogP contribution in [0, 0.1) is 0 Å². The van der Waals surface area contributed by atoms with E-state index in [0.717, 1.165) is 19.3 Å². The van der Waals surface area contributed by atoms with Gasteiger partial charge in [0.05, 0.1) is 19.8 Å². The quantitative estimate of drug-likeness (QED) is 0.169. The minimum absolute atomic E-state index is 0.00979. The minimum atomic E-state index is -2.29. The van der Waals surface area contributed by atoms with E-state index in [2.05, 4.69) is 6.92 Å². The van der Waals surface area contributed by atoms with Crippen LogP contribution in [0.2, 0.25) is 0 Å². The molecule has 0 radical (unpaired) electrons. The maximum absolute atomic E-state index is 12.4. The zero-order valence-electron chi connectivity index (χ0n) is 18.7. The van der Waals surface area contributed by atoms with Crippen molar-refractivity contribution < 1.29 is 34.6 Å². The van der Waals surface area contributed by atoms with Crippen molar-refractivity contribution in [2.75, 3.05) is 26.4 Å². The zero-order chi connectivity index (χ0) is 23.7. The van der Waals surface area contributed by atoms with Gasteiger partial charge in [-0.1, -0.05) is 51.9 Å². The van der Waals surface area contributed by atoms with Crippen LogP contribution in [-0.2, 0) is 15.3 Å². The van der Waals surface area contributed by atoms with Gasteiger partial charge in [0.25, 0.3) is 5.43 Å². The monoisotopic (exact) mass is 459 g/mol. The molecule has 2 rings (SSSR count). The fourth-order valence-electron chi connectivity index (χ4n) is 3.99. The number of unbranched alkanes of at least 4 members (excludes halogenated alkanes) is 7. The lowest BCUT2D eigenvalue weighted by atomic mass is 9.85. The second kappa shape index (κ2) is 12.7. The molecule has 1 aromatic carbocycles. The van der Waals surface area contributed by atoms with E-state index in [1.165, 1.54) is 25.7 Å². The number of hydrogen-bond acceptors (Lipinski definition) is 10. The second-order valence-electron chi connectivity index (χ2n) is 8.26. The molecule has 0 amide bonds. The van der Waals surface area contributed by atoms with Gasteiger partial charge in [-0.15, -0.1) is 0 Å². The smallest absolute Gasteiger partial charge is 0.268 e. The molecule has 0 aliphatic carbocycles. The van der Waals surface area contributed by atoms with Gasteiger partial charge in [0.15, 0.2) is 5.75 Å². The van der Waals surface area contributed by atoms with Gasteiger partial charge in [0.2, 0.25) is 11.2 Å². The van der Waals surface area contributed by atoms with Gasteiger partial charge in [-0.2, -0.15) is 0 Å². The summed E-state index contributed by atoms with van der Waals surface area (Å²) in [6, 6.07) is 0. The van der Waals surface area contributed by atoms with Crippen LogP contribution in [0.4, 0.5) is 0 Å². The summed E-state index contributed by atoms with van der Waals surface area (Å²) >= 11 is 0. The van der Waals surface area contributed by atoms with Crippen molar-refractivity contribution in [3.63, 3.8) is 0 Å². The summed E-state index contributed by atoms with van der Waals surface area (Å²) in [6.07, 6.45) is 1.88. The van der Waals surface area contributed by atoms with Gasteiger partial charge in [-0.3, -0.25) is 9.59 Å². The van der Waals surface area contributed by atoms with E-state index in [9.17, 15) is 30.0 Å². The van der Waals surface area contributed by atoms with E-state index >= 15 is 0 Å². The van der Waals surface area contributed by atoms with Crippen LogP contribution in [0.25, 0.3) is 0 Å². The molecule has 1 aromatic rings. The summed E-state index contributed by atoms with van der Waals surface area (Å²) in [5.41, 5.74) is 3.25. The third kappa shape index (κ3) is 5.74. The summed E-state index contributed by atoms with van der Waals surface area (Å²) in [7, 11) is 0. The van der Waals surface area contributed by atoms with Crippen molar-refractivity contribution in [2.24, 2.45) is 5.73 Å². The number of aliphatic hydroxyl groups is 4. The molecule has 6 N–H and O–H groups in total. The van der Waals surface area contributed by atoms with E-state index in [-0.39, 0.29) is 31.1 Å². The minimum Gasteiger partial charge on any atom is -0.489 e. The molecule has 0 unspecified atom stereocenters. The third-order valence-corrected chi connectivity index (χ3v) is 5.84. The lowest BCUT2D eigenvalue weighted by Crippen LogP contribution is -2.67. The Bertz CT molecular complexity index is 761. The molecule has 0 bridgehead atoms. The molecule has 5 atom stereocenters. The Morgan fingerprint density at radius 2 is 1.56 bits per heavy atom. The fraction of sp³-hybridized carbons (Fsp3) is 0.818. The molecule has 10 nitrogen and oxygen atoms in total. The Hall–Kier alpha value is -1.40. The van der Waals surface area contributed by atoms with Gasteiger partial charge in [-0.05, 0) is 6.42 Å². The van der Waals surface area contributed by atoms with Crippen LogP contribution in [0.15, 0.2) is 9.59 Å². The Kier molecular flexibility index (Phi) is 10.7. The summed E-state index contributed by atoms with van der Waals surface area (Å²) in [5, 5.41) is 40.5. The summed E-state index contributed by atoms with van der Waals surface area (Å²) < 4.78 is 16.7. The van der Waals surface area contributed by atoms with Crippen molar-refractivity contribution in [3.05, 3.63) is 26.0 Å². The van der Waals surface area contributed by atoms with Crippen LogP contribution in [0.1, 0.15) is 63.9 Å². The van der Waals surface area contributed by atoms with E-state index in [1.54, 1.807) is 0 Å². The largest absolute Gasteiger partial charge is 0.489 e. The number of hydrogen-bond donors (Lipinski definition) is 5. The molecular formula is C22H37NO9. The van der Waals surface area contributed by atoms with Gasteiger partial charge in [-0.25, -0.2) is 0 Å². The normalized spacial score (nSPS) is 28.3. The van der Waals surface area contributed by atoms with Gasteiger partial charge in [0, 0.05) is 6.54 Å². The molecule has 0 saturated carbocycles. The molecule has 1 saturated heterocycles. The number of nitrogens with two attached hydrogens (primary N) is 1. The Morgan fingerprint density at radius 3 is 2.16 bits per heavy atom. The first kappa shape index (κ1) is 26.8. The summed E-state index contributed by atoms with van der Waals surface area (Å²) in [5.74, 6) is -2.58. The molecule has 32 heavy (non-hydrogen) atoms. The standard InChI is InChI=1S/C22H37NO9/c1-2-3-4-5-6-7-8-9-11-30-20-15(17(26)18(20)27)22(31-12-10-23)21(29)19(28)16(25)14(13-24)32-22/h14,16,19,21,24-25,28-29H,2-13,23H2,1H3/t14-,16-,19+,21+,22-/m1/s1. The van der Waals surface area contributed by atoms with Crippen molar-refractivity contribution in [2.45, 2.75) is 88.5 Å². The molecule has 1 aliphatic rings. The maximum atomic E-state index is 12.4. The highest BCUT2D eigenvalue weighted by atomic mass is 16.7. The Labute approximate surface area is 187 Å². The second-order valence-corrected chi connectivity index (χ2v) is 8.26. The first-order valence-electron chi connectivity index (χ1n) is 11.5. The first-order chi connectivity index (χ1) is 15.4. The van der Waals surface area contributed by atoms with Crippen LogP contribution >= 0.6 is 0 Å². The summed E-state index contributed by atoms with van der Waals surface area (Å²) in [6.45, 7) is 1.44. The van der Waals surface area contributed by atoms with Crippen LogP contribution < -0.4 is 21.3 Å². The average Bonchev–Trinajstić information content (AvgIpc) is 2.80. The Morgan fingerprint density at radius 1 is 0.938 bits per heavy atom. The fourth-order valence-corrected chi connectivity index (χ4v) is 3.99. The molecular weight excluding hydrogens is 422 g/mol. The van der Waals surface area contributed by atoms with E-state index in [0.29, 0.717) is 6.42 Å². The molecule has 0 aromatic heterocycles. The molecule has 1 aliphatic heterocycles. The van der Waals surface area contributed by atoms with Crippen molar-refractivity contribution in [1.29, 1.82) is 0 Å². The van der Waals surface area contributed by atoms with E-state index < -0.39 is 47.7 Å². The number of rotatable bonds is 15. The zero-order valence-corrected chi connectivity index (χ0v) is 18.7. The molecule has 184 valence electrons. The van der Waals surface area contributed by atoms with Crippen molar-refractivity contribution in [1.82, 2.24) is 0 Å². The topological polar surface area (TPSA) is 169 Å². The number of aliphatic hydroxyl groups excluding tert-OH is 4. The highest BCUT2D eigenvalue weighted by Crippen LogP contribution is 2.41. The van der Waals surface area contributed by atoms with E-state index in [4.69, 9.17) is 19.9 Å². The molecule has 0 spiro atoms. The Balaban J connectivity index is 2.10. The molecule has 1 fully saturated rings. The SMILES string of the molecule is CCCCCCCCCCOc1c([C@@]2(OCCN)O[C@H](CO)[C@@H](O)[C@H](O)[C@@H]2O)c(=O)c1=O. The van der Waals surface area contributed by atoms with Crippen LogP contribution in [-0.4, -0.2) is 71.2 Å². The van der Waals surface area contributed by atoms with Crippen molar-refractivity contribution >= 4 is 0 Å². The van der Waals surface area contributed by atoms with Crippen LogP contribution in [0.5, 0.6) is 5.75 Å². The third-order valence-electron chi connectivity index (χ3n) is 5.84. The van der Waals surface area contributed by atoms with Gasteiger partial charge < -0.3 is 40.4 Å². The highest BCUT2D eigenvalue weighted by molar-refractivity contribution is 5.44. The predicted molar refractivity (Wildman–Crippen MR) is 116 cm³/mol. The van der Waals surface area contributed by atoms with Gasteiger partial charge >= 0.3 is 0 Å².